The summed E-state index contributed by atoms with van der Waals surface area (Å²) in [5, 5.41) is 11.0. The summed E-state index contributed by atoms with van der Waals surface area (Å²) in [6, 6.07) is 4.21. The minimum absolute atomic E-state index is 0.0117. The molecule has 0 aliphatic heterocycles. The fourth-order valence-electron chi connectivity index (χ4n) is 1.58. The number of nitro groups is 1. The Morgan fingerprint density at radius 3 is 2.78 bits per heavy atom. The zero-order valence-corrected chi connectivity index (χ0v) is 13.0. The van der Waals surface area contributed by atoms with Gasteiger partial charge in [-0.1, -0.05) is 0 Å². The molecule has 0 radical (unpaired) electrons. The van der Waals surface area contributed by atoms with Gasteiger partial charge in [-0.25, -0.2) is 4.79 Å². The monoisotopic (exact) mass is 325 g/mol. The van der Waals surface area contributed by atoms with Crippen molar-refractivity contribution in [3.63, 3.8) is 0 Å². The van der Waals surface area contributed by atoms with Gasteiger partial charge in [0.05, 0.1) is 30.3 Å². The first kappa shape index (κ1) is 18.6. The Labute approximate surface area is 133 Å². The number of esters is 1. The van der Waals surface area contributed by atoms with Crippen molar-refractivity contribution in [1.82, 2.24) is 0 Å². The Morgan fingerprint density at radius 2 is 2.13 bits per heavy atom. The van der Waals surface area contributed by atoms with Gasteiger partial charge in [-0.15, -0.1) is 0 Å². The molecule has 0 amide bonds. The quantitative estimate of drug-likeness (QED) is 0.162. The molecule has 0 fully saturated rings. The molecule has 1 aromatic rings. The van der Waals surface area contributed by atoms with Crippen LogP contribution in [-0.4, -0.2) is 44.6 Å². The highest BCUT2D eigenvalue weighted by atomic mass is 16.7. The van der Waals surface area contributed by atoms with E-state index in [2.05, 4.69) is 0 Å². The summed E-state index contributed by atoms with van der Waals surface area (Å²) in [4.78, 5) is 21.8. The molecule has 1 aromatic carbocycles. The van der Waals surface area contributed by atoms with Crippen molar-refractivity contribution in [1.29, 1.82) is 0 Å². The number of hydrogen-bond donors (Lipinski definition) is 0. The molecule has 0 bridgehead atoms. The van der Waals surface area contributed by atoms with E-state index in [1.807, 2.05) is 0 Å². The molecule has 0 N–H and O–H groups in total. The van der Waals surface area contributed by atoms with Crippen molar-refractivity contribution in [3.05, 3.63) is 40.0 Å². The second kappa shape index (κ2) is 10.3. The van der Waals surface area contributed by atoms with Gasteiger partial charge in [-0.3, -0.25) is 10.1 Å². The van der Waals surface area contributed by atoms with Crippen molar-refractivity contribution in [2.75, 3.05) is 33.7 Å². The third-order valence-corrected chi connectivity index (χ3v) is 2.62. The van der Waals surface area contributed by atoms with Crippen LogP contribution >= 0.6 is 0 Å². The lowest BCUT2D eigenvalue weighted by molar-refractivity contribution is -0.385. The molecule has 0 aliphatic rings. The van der Waals surface area contributed by atoms with Gasteiger partial charge in [0.25, 0.3) is 5.69 Å². The average Bonchev–Trinajstić information content (AvgIpc) is 2.53. The average molecular weight is 325 g/mol. The molecule has 0 aliphatic carbocycles. The predicted octanol–water partition coefficient (Wildman–Crippen LogP) is 2.17. The number of carbonyl (C=O) groups excluding carboxylic acids is 1. The summed E-state index contributed by atoms with van der Waals surface area (Å²) in [6.45, 7) is 2.71. The number of nitro benzene ring substituents is 1. The Hall–Kier alpha value is -2.45. The summed E-state index contributed by atoms with van der Waals surface area (Å²) >= 11 is 0. The first-order valence-electron chi connectivity index (χ1n) is 6.91. The van der Waals surface area contributed by atoms with Crippen LogP contribution in [0.15, 0.2) is 24.3 Å². The van der Waals surface area contributed by atoms with Crippen molar-refractivity contribution in [2.45, 2.75) is 6.92 Å². The fraction of sp³-hybridized carbons (Fsp3) is 0.400. The van der Waals surface area contributed by atoms with E-state index in [0.29, 0.717) is 19.0 Å². The van der Waals surface area contributed by atoms with Crippen molar-refractivity contribution in [3.8, 4) is 5.75 Å². The molecule has 0 unspecified atom stereocenters. The van der Waals surface area contributed by atoms with Gasteiger partial charge in [0.2, 0.25) is 0 Å². The Morgan fingerprint density at radius 1 is 1.35 bits per heavy atom. The molecule has 23 heavy (non-hydrogen) atoms. The maximum atomic E-state index is 11.3. The van der Waals surface area contributed by atoms with Gasteiger partial charge in [-0.05, 0) is 25.1 Å². The molecule has 126 valence electrons. The van der Waals surface area contributed by atoms with Crippen LogP contribution in [-0.2, 0) is 19.0 Å². The first-order chi connectivity index (χ1) is 11.1. The highest BCUT2D eigenvalue weighted by molar-refractivity contribution is 5.88. The SMILES string of the molecule is CCOC(=O)C=Cc1cc(OCOCCOC)ccc1[N+](=O)[O-]. The van der Waals surface area contributed by atoms with Gasteiger partial charge < -0.3 is 18.9 Å². The van der Waals surface area contributed by atoms with Crippen molar-refractivity contribution in [2.24, 2.45) is 0 Å². The Balaban J connectivity index is 2.78. The maximum absolute atomic E-state index is 11.3. The van der Waals surface area contributed by atoms with E-state index < -0.39 is 10.9 Å². The molecule has 1 rings (SSSR count). The van der Waals surface area contributed by atoms with Crippen LogP contribution in [0.3, 0.4) is 0 Å². The summed E-state index contributed by atoms with van der Waals surface area (Å²) < 4.78 is 20.0. The lowest BCUT2D eigenvalue weighted by Gasteiger charge is -2.08. The van der Waals surface area contributed by atoms with Gasteiger partial charge in [0.15, 0.2) is 6.79 Å². The highest BCUT2D eigenvalue weighted by Gasteiger charge is 2.13. The lowest BCUT2D eigenvalue weighted by atomic mass is 10.1. The number of benzene rings is 1. The van der Waals surface area contributed by atoms with Crippen LogP contribution in [0.5, 0.6) is 5.75 Å². The van der Waals surface area contributed by atoms with Crippen LogP contribution < -0.4 is 4.74 Å². The minimum atomic E-state index is -0.573. The number of hydrogen-bond acceptors (Lipinski definition) is 7. The standard InChI is InChI=1S/C15H19NO7/c1-3-22-15(17)7-4-12-10-13(5-6-14(12)16(18)19)23-11-21-9-8-20-2/h4-7,10H,3,8-9,11H2,1-2H3. The Bertz CT molecular complexity index is 557. The van der Waals surface area contributed by atoms with Crippen LogP contribution in [0.1, 0.15) is 12.5 Å². The van der Waals surface area contributed by atoms with E-state index in [4.69, 9.17) is 18.9 Å². The number of nitrogens with zero attached hydrogens (tertiary/aromatic N) is 1. The zero-order valence-electron chi connectivity index (χ0n) is 13.0. The normalized spacial score (nSPS) is 10.7. The third-order valence-electron chi connectivity index (χ3n) is 2.62. The molecule has 0 heterocycles. The molecule has 8 heteroatoms. The zero-order chi connectivity index (χ0) is 17.1. The second-order valence-electron chi connectivity index (χ2n) is 4.23. The summed E-state index contributed by atoms with van der Waals surface area (Å²) in [5.74, 6) is -0.187. The molecule has 0 saturated heterocycles. The van der Waals surface area contributed by atoms with E-state index in [9.17, 15) is 14.9 Å². The number of ether oxygens (including phenoxy) is 4. The van der Waals surface area contributed by atoms with Crippen molar-refractivity contribution >= 4 is 17.7 Å². The van der Waals surface area contributed by atoms with Crippen molar-refractivity contribution < 1.29 is 28.7 Å². The smallest absolute Gasteiger partial charge is 0.330 e. The third kappa shape index (κ3) is 6.90. The van der Waals surface area contributed by atoms with Gasteiger partial charge >= 0.3 is 5.97 Å². The van der Waals surface area contributed by atoms with E-state index in [0.717, 1.165) is 6.08 Å². The maximum Gasteiger partial charge on any atom is 0.330 e. The van der Waals surface area contributed by atoms with E-state index in [-0.39, 0.29) is 24.7 Å². The largest absolute Gasteiger partial charge is 0.468 e. The number of methoxy groups -OCH3 is 1. The van der Waals surface area contributed by atoms with Gasteiger partial charge in [0, 0.05) is 19.3 Å². The summed E-state index contributed by atoms with van der Waals surface area (Å²) in [7, 11) is 1.56. The molecule has 0 atom stereocenters. The fourth-order valence-corrected chi connectivity index (χ4v) is 1.58. The van der Waals surface area contributed by atoms with E-state index in [1.54, 1.807) is 14.0 Å². The molecule has 0 aromatic heterocycles. The van der Waals surface area contributed by atoms with Gasteiger partial charge in [0.1, 0.15) is 5.75 Å². The van der Waals surface area contributed by atoms with E-state index in [1.165, 1.54) is 24.3 Å². The topological polar surface area (TPSA) is 97.1 Å². The number of carbonyl (C=O) groups is 1. The first-order valence-corrected chi connectivity index (χ1v) is 6.91. The van der Waals surface area contributed by atoms with Crippen LogP contribution in [0, 0.1) is 10.1 Å². The summed E-state index contributed by atoms with van der Waals surface area (Å²) in [6.07, 6.45) is 2.44. The van der Waals surface area contributed by atoms with Crippen LogP contribution in [0.25, 0.3) is 6.08 Å². The van der Waals surface area contributed by atoms with Crippen LogP contribution in [0.2, 0.25) is 0 Å². The second-order valence-corrected chi connectivity index (χ2v) is 4.23. The lowest BCUT2D eigenvalue weighted by Crippen LogP contribution is -2.08. The van der Waals surface area contributed by atoms with E-state index >= 15 is 0 Å². The highest BCUT2D eigenvalue weighted by Crippen LogP contribution is 2.25. The van der Waals surface area contributed by atoms with Gasteiger partial charge in [-0.2, -0.15) is 0 Å². The molecule has 0 spiro atoms. The molecular formula is C15H19NO7. The Kier molecular flexibility index (Phi) is 8.33. The molecule has 0 saturated carbocycles. The minimum Gasteiger partial charge on any atom is -0.468 e. The summed E-state index contributed by atoms with van der Waals surface area (Å²) in [5.41, 5.74) is 0.0932. The predicted molar refractivity (Wildman–Crippen MR) is 82.1 cm³/mol. The van der Waals surface area contributed by atoms with Crippen LogP contribution in [0.4, 0.5) is 5.69 Å². The molecular weight excluding hydrogens is 306 g/mol. The molecule has 8 nitrogen and oxygen atoms in total. The number of rotatable bonds is 10.